The van der Waals surface area contributed by atoms with Crippen LogP contribution in [0.3, 0.4) is 0 Å². The molecule has 1 aromatic rings. The standard InChI is InChI=1S/C21H27BrN2O3/c1-20(2,3)27-19(26)24-17-7-6-15-12-21(22,9-8-14(15)11-17)18(25)16-5-4-10-23-13-16/h4-5,8-10,13,17-18,25H,6-7,11-12H2,1-3H3,(H,24,26). The maximum absolute atomic E-state index is 12.0. The second-order valence-electron chi connectivity index (χ2n) is 8.34. The number of halogens is 1. The zero-order valence-electron chi connectivity index (χ0n) is 16.0. The van der Waals surface area contributed by atoms with Gasteiger partial charge in [0.1, 0.15) is 5.60 Å². The molecular formula is C21H27BrN2O3. The zero-order valence-corrected chi connectivity index (χ0v) is 17.6. The summed E-state index contributed by atoms with van der Waals surface area (Å²) in [7, 11) is 0. The van der Waals surface area contributed by atoms with Gasteiger partial charge in [-0.2, -0.15) is 0 Å². The third kappa shape index (κ3) is 4.99. The molecule has 0 aliphatic heterocycles. The van der Waals surface area contributed by atoms with E-state index in [9.17, 15) is 9.90 Å². The van der Waals surface area contributed by atoms with Crippen molar-refractivity contribution in [3.8, 4) is 0 Å². The van der Waals surface area contributed by atoms with E-state index in [4.69, 9.17) is 4.74 Å². The van der Waals surface area contributed by atoms with E-state index in [0.29, 0.717) is 0 Å². The average molecular weight is 435 g/mol. The van der Waals surface area contributed by atoms with Crippen LogP contribution in [0, 0.1) is 0 Å². The van der Waals surface area contributed by atoms with Crippen LogP contribution in [-0.4, -0.2) is 32.2 Å². The number of nitrogens with zero attached hydrogens (tertiary/aromatic N) is 1. The first-order valence-corrected chi connectivity index (χ1v) is 10.1. The molecule has 0 aromatic carbocycles. The van der Waals surface area contributed by atoms with Gasteiger partial charge in [0.15, 0.2) is 0 Å². The van der Waals surface area contributed by atoms with Crippen LogP contribution in [0.15, 0.2) is 47.8 Å². The molecule has 2 N–H and O–H groups in total. The molecule has 0 spiro atoms. The van der Waals surface area contributed by atoms with Gasteiger partial charge in [-0.15, -0.1) is 0 Å². The van der Waals surface area contributed by atoms with Gasteiger partial charge in [0.25, 0.3) is 0 Å². The fourth-order valence-electron chi connectivity index (χ4n) is 3.63. The van der Waals surface area contributed by atoms with Crippen molar-refractivity contribution in [1.29, 1.82) is 0 Å². The Bertz CT molecular complexity index is 754. The van der Waals surface area contributed by atoms with Crippen molar-refractivity contribution in [2.75, 3.05) is 0 Å². The molecule has 1 aromatic heterocycles. The summed E-state index contributed by atoms with van der Waals surface area (Å²) in [5.41, 5.74) is 2.88. The number of amides is 1. The first-order valence-electron chi connectivity index (χ1n) is 9.33. The first-order chi connectivity index (χ1) is 12.7. The van der Waals surface area contributed by atoms with Gasteiger partial charge in [-0.25, -0.2) is 4.79 Å². The third-order valence-corrected chi connectivity index (χ3v) is 5.91. The van der Waals surface area contributed by atoms with Crippen LogP contribution in [0.2, 0.25) is 0 Å². The minimum atomic E-state index is -0.672. The first kappa shape index (κ1) is 20.1. The second kappa shape index (κ2) is 7.76. The second-order valence-corrected chi connectivity index (χ2v) is 9.82. The quantitative estimate of drug-likeness (QED) is 0.682. The third-order valence-electron chi connectivity index (χ3n) is 4.94. The van der Waals surface area contributed by atoms with Gasteiger partial charge in [-0.05, 0) is 58.1 Å². The van der Waals surface area contributed by atoms with Crippen molar-refractivity contribution < 1.29 is 14.6 Å². The Morgan fingerprint density at radius 2 is 2.26 bits per heavy atom. The number of carbonyl (C=O) groups excluding carboxylic acids is 1. The Balaban J connectivity index is 1.64. The Hall–Kier alpha value is -1.66. The number of alkyl carbamates (subject to hydrolysis) is 1. The fourth-order valence-corrected chi connectivity index (χ4v) is 4.37. The summed E-state index contributed by atoms with van der Waals surface area (Å²) in [4.78, 5) is 16.1. The highest BCUT2D eigenvalue weighted by Gasteiger charge is 2.38. The Morgan fingerprint density at radius 1 is 1.48 bits per heavy atom. The highest BCUT2D eigenvalue weighted by molar-refractivity contribution is 9.10. The molecule has 1 amide bonds. The highest BCUT2D eigenvalue weighted by atomic mass is 79.9. The lowest BCUT2D eigenvalue weighted by molar-refractivity contribution is 0.0500. The molecule has 27 heavy (non-hydrogen) atoms. The van der Waals surface area contributed by atoms with Crippen molar-refractivity contribution in [3.05, 3.63) is 53.4 Å². The lowest BCUT2D eigenvalue weighted by Gasteiger charge is -2.37. The molecule has 3 unspecified atom stereocenters. The number of aliphatic hydroxyl groups is 1. The van der Waals surface area contributed by atoms with Crippen LogP contribution >= 0.6 is 15.9 Å². The minimum absolute atomic E-state index is 0.0781. The van der Waals surface area contributed by atoms with Crippen molar-refractivity contribution in [2.45, 2.75) is 68.5 Å². The van der Waals surface area contributed by atoms with Crippen molar-refractivity contribution in [3.63, 3.8) is 0 Å². The summed E-state index contributed by atoms with van der Waals surface area (Å²) in [6, 6.07) is 3.80. The van der Waals surface area contributed by atoms with E-state index in [2.05, 4.69) is 32.3 Å². The molecule has 1 heterocycles. The Kier molecular flexibility index (Phi) is 5.77. The number of hydrogen-bond donors (Lipinski definition) is 2. The van der Waals surface area contributed by atoms with Gasteiger partial charge < -0.3 is 15.2 Å². The van der Waals surface area contributed by atoms with Crippen LogP contribution in [-0.2, 0) is 4.74 Å². The normalized spacial score (nSPS) is 26.3. The van der Waals surface area contributed by atoms with Crippen LogP contribution in [0.1, 0.15) is 58.1 Å². The molecule has 6 heteroatoms. The van der Waals surface area contributed by atoms with E-state index in [-0.39, 0.29) is 12.1 Å². The molecule has 0 saturated carbocycles. The molecule has 3 atom stereocenters. The lowest BCUT2D eigenvalue weighted by Crippen LogP contribution is -2.41. The van der Waals surface area contributed by atoms with Crippen molar-refractivity contribution >= 4 is 22.0 Å². The number of carbonyl (C=O) groups is 1. The van der Waals surface area contributed by atoms with E-state index >= 15 is 0 Å². The monoisotopic (exact) mass is 434 g/mol. The molecule has 2 aliphatic carbocycles. The Morgan fingerprint density at radius 3 is 2.93 bits per heavy atom. The SMILES string of the molecule is CC(C)(C)OC(=O)NC1CCC2=C(C=CC(Br)(C(O)c3cccnc3)C2)C1. The number of ether oxygens (including phenoxy) is 1. The molecule has 0 bridgehead atoms. The van der Waals surface area contributed by atoms with E-state index in [0.717, 1.165) is 31.2 Å². The van der Waals surface area contributed by atoms with E-state index < -0.39 is 16.0 Å². The van der Waals surface area contributed by atoms with Crippen molar-refractivity contribution in [1.82, 2.24) is 10.3 Å². The number of aliphatic hydroxyl groups excluding tert-OH is 1. The van der Waals surface area contributed by atoms with Crippen molar-refractivity contribution in [2.24, 2.45) is 0 Å². The van der Waals surface area contributed by atoms with Crippen LogP contribution in [0.4, 0.5) is 4.79 Å². The van der Waals surface area contributed by atoms with Gasteiger partial charge >= 0.3 is 6.09 Å². The smallest absolute Gasteiger partial charge is 0.407 e. The molecule has 0 radical (unpaired) electrons. The number of alkyl halides is 1. The summed E-state index contributed by atoms with van der Waals surface area (Å²) in [5, 5.41) is 13.8. The molecular weight excluding hydrogens is 408 g/mol. The molecule has 146 valence electrons. The summed E-state index contributed by atoms with van der Waals surface area (Å²) in [6.07, 6.45) is 9.78. The van der Waals surface area contributed by atoms with E-state index in [1.165, 1.54) is 11.1 Å². The van der Waals surface area contributed by atoms with Gasteiger partial charge in [0.05, 0.1) is 10.4 Å². The highest BCUT2D eigenvalue weighted by Crippen LogP contribution is 2.46. The number of nitrogens with one attached hydrogen (secondary N) is 1. The number of rotatable bonds is 3. The number of pyridine rings is 1. The minimum Gasteiger partial charge on any atom is -0.444 e. The molecule has 5 nitrogen and oxygen atoms in total. The van der Waals surface area contributed by atoms with Gasteiger partial charge in [-0.3, -0.25) is 4.98 Å². The summed E-state index contributed by atoms with van der Waals surface area (Å²) < 4.78 is 4.83. The topological polar surface area (TPSA) is 71.5 Å². The number of aromatic nitrogens is 1. The molecule has 0 saturated heterocycles. The fraction of sp³-hybridized carbons (Fsp3) is 0.524. The predicted molar refractivity (Wildman–Crippen MR) is 109 cm³/mol. The van der Waals surface area contributed by atoms with Crippen LogP contribution in [0.5, 0.6) is 0 Å². The van der Waals surface area contributed by atoms with Gasteiger partial charge in [0.2, 0.25) is 0 Å². The van der Waals surface area contributed by atoms with E-state index in [1.807, 2.05) is 39.0 Å². The summed E-state index contributed by atoms with van der Waals surface area (Å²) in [5.74, 6) is 0. The van der Waals surface area contributed by atoms with E-state index in [1.54, 1.807) is 12.4 Å². The van der Waals surface area contributed by atoms with Gasteiger partial charge in [-0.1, -0.05) is 39.7 Å². The molecule has 2 aliphatic rings. The van der Waals surface area contributed by atoms with Crippen LogP contribution < -0.4 is 5.32 Å². The zero-order chi connectivity index (χ0) is 19.7. The number of allylic oxidation sites excluding steroid dienone is 2. The summed E-state index contributed by atoms with van der Waals surface area (Å²) >= 11 is 3.76. The summed E-state index contributed by atoms with van der Waals surface area (Å²) in [6.45, 7) is 5.59. The largest absolute Gasteiger partial charge is 0.444 e. The molecule has 0 fully saturated rings. The average Bonchev–Trinajstić information content (AvgIpc) is 2.60. The molecule has 3 rings (SSSR count). The lowest BCUT2D eigenvalue weighted by atomic mass is 9.77. The predicted octanol–water partition coefficient (Wildman–Crippen LogP) is 4.58. The maximum Gasteiger partial charge on any atom is 0.407 e. The maximum atomic E-state index is 12.0. The van der Waals surface area contributed by atoms with Gasteiger partial charge in [0, 0.05) is 24.0 Å². The number of hydrogen-bond acceptors (Lipinski definition) is 4. The van der Waals surface area contributed by atoms with Crippen LogP contribution in [0.25, 0.3) is 0 Å². The Labute approximate surface area is 169 Å².